The van der Waals surface area contributed by atoms with Crippen LogP contribution >= 0.6 is 0 Å². The number of fused-ring (bicyclic) bond motifs is 6. The van der Waals surface area contributed by atoms with E-state index in [9.17, 15) is 0 Å². The maximum atomic E-state index is 2.42. The van der Waals surface area contributed by atoms with Crippen molar-refractivity contribution in [2.45, 2.75) is 52.4 Å². The first kappa shape index (κ1) is 37.4. The van der Waals surface area contributed by atoms with E-state index in [0.717, 1.165) is 11.4 Å². The fourth-order valence-corrected chi connectivity index (χ4v) is 9.80. The zero-order chi connectivity index (χ0) is 41.2. The van der Waals surface area contributed by atoms with Crippen LogP contribution in [0.15, 0.2) is 182 Å². The number of anilines is 6. The predicted octanol–water partition coefficient (Wildman–Crippen LogP) is 16.0. The van der Waals surface area contributed by atoms with E-state index in [2.05, 4.69) is 245 Å². The van der Waals surface area contributed by atoms with Gasteiger partial charge in [-0.25, -0.2) is 0 Å². The van der Waals surface area contributed by atoms with Gasteiger partial charge in [-0.3, -0.25) is 0 Å². The van der Waals surface area contributed by atoms with Crippen molar-refractivity contribution >= 4 is 46.3 Å². The van der Waals surface area contributed by atoms with Gasteiger partial charge >= 0.3 is 0 Å². The minimum atomic E-state index is -0.157. The van der Waals surface area contributed by atoms with E-state index in [1.165, 1.54) is 89.5 Å². The van der Waals surface area contributed by atoms with Crippen LogP contribution in [0.2, 0.25) is 0 Å². The van der Waals surface area contributed by atoms with E-state index in [0.29, 0.717) is 0 Å². The summed E-state index contributed by atoms with van der Waals surface area (Å²) in [6.07, 6.45) is 4.57. The van der Waals surface area contributed by atoms with Crippen LogP contribution in [0.25, 0.3) is 34.4 Å². The van der Waals surface area contributed by atoms with Crippen LogP contribution < -0.4 is 9.80 Å². The molecule has 0 amide bonds. The molecule has 0 saturated heterocycles. The molecule has 0 saturated carbocycles. The summed E-state index contributed by atoms with van der Waals surface area (Å²) in [4.78, 5) is 4.78. The number of benzene rings is 8. The van der Waals surface area contributed by atoms with Gasteiger partial charge in [0.2, 0.25) is 0 Å². The number of rotatable bonds is 8. The molecule has 0 radical (unpaired) electrons. The Hall–Kier alpha value is -6.90. The maximum Gasteiger partial charge on any atom is 0.0490 e. The second-order valence-corrected chi connectivity index (χ2v) is 17.6. The molecule has 2 heteroatoms. The van der Waals surface area contributed by atoms with Crippen molar-refractivity contribution in [2.75, 3.05) is 9.80 Å². The maximum absolute atomic E-state index is 2.42. The Kier molecular flexibility index (Phi) is 8.99. The highest BCUT2D eigenvalue weighted by atomic mass is 15.1. The van der Waals surface area contributed by atoms with Gasteiger partial charge in [0.1, 0.15) is 0 Å². The minimum absolute atomic E-state index is 0.157. The van der Waals surface area contributed by atoms with Crippen LogP contribution in [-0.2, 0) is 10.8 Å². The monoisotopic (exact) mass is 774 g/mol. The molecule has 0 bridgehead atoms. The molecular weight excluding hydrogens is 725 g/mol. The molecule has 292 valence electrons. The van der Waals surface area contributed by atoms with Gasteiger partial charge in [-0.1, -0.05) is 161 Å². The van der Waals surface area contributed by atoms with Gasteiger partial charge in [0.05, 0.1) is 0 Å². The lowest BCUT2D eigenvalue weighted by atomic mass is 9.81. The molecule has 0 spiro atoms. The highest BCUT2D eigenvalue weighted by molar-refractivity contribution is 5.89. The van der Waals surface area contributed by atoms with E-state index in [4.69, 9.17) is 0 Å². The molecule has 0 atom stereocenters. The Bertz CT molecular complexity index is 2750. The lowest BCUT2D eigenvalue weighted by Gasteiger charge is -2.29. The number of hydrogen-bond acceptors (Lipinski definition) is 2. The summed E-state index contributed by atoms with van der Waals surface area (Å²) < 4.78 is 0. The van der Waals surface area contributed by atoms with Crippen LogP contribution in [0.3, 0.4) is 0 Å². The zero-order valence-corrected chi connectivity index (χ0v) is 35.4. The number of nitrogens with zero attached hydrogens (tertiary/aromatic N) is 2. The molecule has 10 rings (SSSR count). The van der Waals surface area contributed by atoms with Gasteiger partial charge in [-0.2, -0.15) is 0 Å². The third-order valence-electron chi connectivity index (χ3n) is 13.1. The van der Waals surface area contributed by atoms with E-state index in [-0.39, 0.29) is 10.8 Å². The fraction of sp³-hybridized carbons (Fsp3) is 0.138. The second kappa shape index (κ2) is 14.4. The van der Waals surface area contributed by atoms with E-state index >= 15 is 0 Å². The van der Waals surface area contributed by atoms with E-state index in [1.807, 2.05) is 0 Å². The molecule has 0 fully saturated rings. The SMILES string of the molecule is Cc1ccccc1N(c1ccccc1)c1ccc2c(c1)C(C)(C)c1cc(/C=C/c3ccc4c(c3)C(C)(C)c3cc(N(c5ccccc5)c5ccccc5C)ccc3-4)ccc1-2. The van der Waals surface area contributed by atoms with Crippen molar-refractivity contribution in [3.05, 3.63) is 226 Å². The summed E-state index contributed by atoms with van der Waals surface area (Å²) in [5, 5.41) is 0. The average Bonchev–Trinajstić information content (AvgIpc) is 3.63. The predicted molar refractivity (Wildman–Crippen MR) is 256 cm³/mol. The van der Waals surface area contributed by atoms with Gasteiger partial charge in [-0.15, -0.1) is 0 Å². The van der Waals surface area contributed by atoms with Gasteiger partial charge < -0.3 is 9.80 Å². The molecule has 0 aromatic heterocycles. The Morgan fingerprint density at radius 2 is 0.667 bits per heavy atom. The van der Waals surface area contributed by atoms with Gasteiger partial charge in [0.15, 0.2) is 0 Å². The minimum Gasteiger partial charge on any atom is -0.310 e. The Morgan fingerprint density at radius 3 is 1.05 bits per heavy atom. The highest BCUT2D eigenvalue weighted by Crippen LogP contribution is 2.53. The topological polar surface area (TPSA) is 6.48 Å². The fourth-order valence-electron chi connectivity index (χ4n) is 9.80. The van der Waals surface area contributed by atoms with E-state index < -0.39 is 0 Å². The van der Waals surface area contributed by atoms with Crippen molar-refractivity contribution in [1.29, 1.82) is 0 Å². The standard InChI is InChI=1S/C58H50N2/c1-39-17-13-15-23-55(39)59(43-19-9-7-10-20-43)45-29-33-49-47-31-27-41(35-51(47)57(3,4)53(49)37-45)25-26-42-28-32-48-50-34-30-46(38-54(50)58(5,6)52(48)36-42)60(44-21-11-8-12-22-44)56-24-16-14-18-40(56)2/h7-38H,1-6H3/b26-25+. The van der Waals surface area contributed by atoms with Crippen LogP contribution in [0.4, 0.5) is 34.1 Å². The van der Waals surface area contributed by atoms with Crippen molar-refractivity contribution in [1.82, 2.24) is 0 Å². The quantitative estimate of drug-likeness (QED) is 0.142. The third-order valence-corrected chi connectivity index (χ3v) is 13.1. The molecule has 2 aliphatic carbocycles. The van der Waals surface area contributed by atoms with Crippen LogP contribution in [-0.4, -0.2) is 0 Å². The molecule has 0 aliphatic heterocycles. The smallest absolute Gasteiger partial charge is 0.0490 e. The molecule has 8 aromatic rings. The molecule has 2 nitrogen and oxygen atoms in total. The highest BCUT2D eigenvalue weighted by Gasteiger charge is 2.37. The van der Waals surface area contributed by atoms with Crippen molar-refractivity contribution in [3.63, 3.8) is 0 Å². The first-order valence-electron chi connectivity index (χ1n) is 21.2. The Morgan fingerprint density at radius 1 is 0.333 bits per heavy atom. The molecule has 8 aromatic carbocycles. The van der Waals surface area contributed by atoms with Crippen LogP contribution in [0, 0.1) is 13.8 Å². The molecule has 0 unspecified atom stereocenters. The molecular formula is C58H50N2. The molecule has 0 heterocycles. The van der Waals surface area contributed by atoms with Crippen LogP contribution in [0.5, 0.6) is 0 Å². The second-order valence-electron chi connectivity index (χ2n) is 17.6. The van der Waals surface area contributed by atoms with Crippen molar-refractivity contribution in [3.8, 4) is 22.3 Å². The lowest BCUT2D eigenvalue weighted by molar-refractivity contribution is 0.660. The van der Waals surface area contributed by atoms with Gasteiger partial charge in [0, 0.05) is 45.0 Å². The molecule has 0 N–H and O–H groups in total. The average molecular weight is 775 g/mol. The van der Waals surface area contributed by atoms with Gasteiger partial charge in [0.25, 0.3) is 0 Å². The number of para-hydroxylation sites is 4. The third kappa shape index (κ3) is 6.18. The summed E-state index contributed by atoms with van der Waals surface area (Å²) >= 11 is 0. The van der Waals surface area contributed by atoms with E-state index in [1.54, 1.807) is 0 Å². The lowest BCUT2D eigenvalue weighted by Crippen LogP contribution is -2.17. The normalized spacial score (nSPS) is 14.0. The Labute approximate surface area is 355 Å². The zero-order valence-electron chi connectivity index (χ0n) is 35.4. The molecule has 2 aliphatic rings. The number of hydrogen-bond donors (Lipinski definition) is 0. The van der Waals surface area contributed by atoms with Crippen molar-refractivity contribution in [2.24, 2.45) is 0 Å². The van der Waals surface area contributed by atoms with Gasteiger partial charge in [-0.05, 0) is 141 Å². The summed E-state index contributed by atoms with van der Waals surface area (Å²) in [5.74, 6) is 0. The summed E-state index contributed by atoms with van der Waals surface area (Å²) in [6, 6.07) is 66.8. The summed E-state index contributed by atoms with van der Waals surface area (Å²) in [7, 11) is 0. The first-order valence-corrected chi connectivity index (χ1v) is 21.2. The summed E-state index contributed by atoms with van der Waals surface area (Å²) in [6.45, 7) is 13.9. The molecule has 60 heavy (non-hydrogen) atoms. The van der Waals surface area contributed by atoms with Crippen molar-refractivity contribution < 1.29 is 0 Å². The first-order chi connectivity index (χ1) is 29.1. The largest absolute Gasteiger partial charge is 0.310 e. The number of aryl methyl sites for hydroxylation is 2. The van der Waals surface area contributed by atoms with Crippen LogP contribution in [0.1, 0.15) is 72.2 Å². The summed E-state index contributed by atoms with van der Waals surface area (Å²) in [5.41, 5.74) is 22.4. The Balaban J connectivity index is 0.948.